The van der Waals surface area contributed by atoms with E-state index >= 15 is 0 Å². The standard InChI is InChI=1S/C16H23N3O4/c20-15(21)7-4-8-18-9-11-19(12-10-18)17-16(22)23-13-14-5-2-1-3-6-14/h1-3,5-6H,4,7-13H2,(H,17,22)(H,20,21). The van der Waals surface area contributed by atoms with Crippen LogP contribution in [0.25, 0.3) is 0 Å². The molecule has 7 nitrogen and oxygen atoms in total. The van der Waals surface area contributed by atoms with E-state index < -0.39 is 12.1 Å². The molecule has 1 aromatic rings. The van der Waals surface area contributed by atoms with Gasteiger partial charge in [-0.1, -0.05) is 30.3 Å². The van der Waals surface area contributed by atoms with E-state index in [4.69, 9.17) is 9.84 Å². The van der Waals surface area contributed by atoms with Crippen LogP contribution in [0.15, 0.2) is 30.3 Å². The number of rotatable bonds is 7. The van der Waals surface area contributed by atoms with Gasteiger partial charge in [0.15, 0.2) is 0 Å². The molecule has 7 heteroatoms. The van der Waals surface area contributed by atoms with Crippen LogP contribution in [0.1, 0.15) is 18.4 Å². The van der Waals surface area contributed by atoms with Crippen LogP contribution >= 0.6 is 0 Å². The number of carboxylic acids is 1. The Hall–Kier alpha value is -2.12. The number of carbonyl (C=O) groups excluding carboxylic acids is 1. The van der Waals surface area contributed by atoms with E-state index in [1.54, 1.807) is 0 Å². The van der Waals surface area contributed by atoms with Crippen LogP contribution in [0.5, 0.6) is 0 Å². The van der Waals surface area contributed by atoms with Crippen molar-refractivity contribution in [3.05, 3.63) is 35.9 Å². The van der Waals surface area contributed by atoms with Gasteiger partial charge in [0, 0.05) is 32.6 Å². The van der Waals surface area contributed by atoms with Crippen molar-refractivity contribution in [3.63, 3.8) is 0 Å². The number of ether oxygens (including phenoxy) is 1. The Bertz CT molecular complexity index is 501. The quantitative estimate of drug-likeness (QED) is 0.788. The molecule has 1 aliphatic rings. The molecule has 0 radical (unpaired) electrons. The molecule has 1 amide bonds. The Morgan fingerprint density at radius 1 is 1.13 bits per heavy atom. The van der Waals surface area contributed by atoms with E-state index in [0.29, 0.717) is 19.5 Å². The Morgan fingerprint density at radius 3 is 2.48 bits per heavy atom. The summed E-state index contributed by atoms with van der Waals surface area (Å²) in [6, 6.07) is 9.53. The molecule has 2 N–H and O–H groups in total. The number of carbonyl (C=O) groups is 2. The van der Waals surface area contributed by atoms with E-state index in [9.17, 15) is 9.59 Å². The lowest BCUT2D eigenvalue weighted by atomic mass is 10.2. The molecule has 0 aromatic heterocycles. The highest BCUT2D eigenvalue weighted by Crippen LogP contribution is 2.03. The van der Waals surface area contributed by atoms with Crippen molar-refractivity contribution >= 4 is 12.1 Å². The minimum Gasteiger partial charge on any atom is -0.481 e. The minimum absolute atomic E-state index is 0.199. The summed E-state index contributed by atoms with van der Waals surface area (Å²) in [6.07, 6.45) is 0.403. The summed E-state index contributed by atoms with van der Waals surface area (Å²) in [7, 11) is 0. The molecule has 126 valence electrons. The molecule has 23 heavy (non-hydrogen) atoms. The number of piperazine rings is 1. The molecule has 0 saturated carbocycles. The number of amides is 1. The van der Waals surface area contributed by atoms with Crippen LogP contribution in [-0.4, -0.2) is 59.8 Å². The van der Waals surface area contributed by atoms with Gasteiger partial charge in [-0.15, -0.1) is 0 Å². The van der Waals surface area contributed by atoms with Gasteiger partial charge in [-0.3, -0.25) is 10.2 Å². The first-order valence-corrected chi connectivity index (χ1v) is 7.80. The van der Waals surface area contributed by atoms with Gasteiger partial charge in [-0.05, 0) is 18.5 Å². The molecule has 0 spiro atoms. The first-order valence-electron chi connectivity index (χ1n) is 7.80. The number of hydrazine groups is 1. The van der Waals surface area contributed by atoms with E-state index in [0.717, 1.165) is 25.2 Å². The van der Waals surface area contributed by atoms with Crippen molar-refractivity contribution in [2.24, 2.45) is 0 Å². The number of nitrogens with one attached hydrogen (secondary N) is 1. The fourth-order valence-corrected chi connectivity index (χ4v) is 2.42. The molecule has 0 aliphatic carbocycles. The van der Waals surface area contributed by atoms with Crippen molar-refractivity contribution < 1.29 is 19.4 Å². The monoisotopic (exact) mass is 321 g/mol. The number of carboxylic acid groups (broad SMARTS) is 1. The number of benzene rings is 1. The zero-order valence-electron chi connectivity index (χ0n) is 13.1. The van der Waals surface area contributed by atoms with Gasteiger partial charge < -0.3 is 14.7 Å². The first kappa shape index (κ1) is 17.2. The topological polar surface area (TPSA) is 82.1 Å². The van der Waals surface area contributed by atoms with Gasteiger partial charge in [0.25, 0.3) is 0 Å². The van der Waals surface area contributed by atoms with Gasteiger partial charge in [-0.25, -0.2) is 9.80 Å². The van der Waals surface area contributed by atoms with Crippen LogP contribution < -0.4 is 5.43 Å². The third-order valence-electron chi connectivity index (χ3n) is 3.70. The zero-order chi connectivity index (χ0) is 16.5. The zero-order valence-corrected chi connectivity index (χ0v) is 13.1. The maximum Gasteiger partial charge on any atom is 0.422 e. The summed E-state index contributed by atoms with van der Waals surface area (Å²) in [4.78, 5) is 24.5. The van der Waals surface area contributed by atoms with E-state index in [2.05, 4.69) is 10.3 Å². The lowest BCUT2D eigenvalue weighted by molar-refractivity contribution is -0.137. The molecular weight excluding hydrogens is 298 g/mol. The molecule has 1 aliphatic heterocycles. The van der Waals surface area contributed by atoms with Crippen LogP contribution in [-0.2, 0) is 16.1 Å². The molecule has 1 heterocycles. The van der Waals surface area contributed by atoms with Crippen LogP contribution in [0, 0.1) is 0 Å². The first-order chi connectivity index (χ1) is 11.1. The predicted molar refractivity (Wildman–Crippen MR) is 84.6 cm³/mol. The van der Waals surface area contributed by atoms with Gasteiger partial charge >= 0.3 is 12.1 Å². The van der Waals surface area contributed by atoms with E-state index in [1.807, 2.05) is 35.3 Å². The summed E-state index contributed by atoms with van der Waals surface area (Å²) < 4.78 is 5.18. The summed E-state index contributed by atoms with van der Waals surface area (Å²) in [5.74, 6) is -0.758. The Balaban J connectivity index is 1.60. The highest BCUT2D eigenvalue weighted by molar-refractivity contribution is 5.66. The van der Waals surface area contributed by atoms with E-state index in [1.165, 1.54) is 0 Å². The Labute approximate surface area is 135 Å². The van der Waals surface area contributed by atoms with Gasteiger partial charge in [0.2, 0.25) is 0 Å². The lowest BCUT2D eigenvalue weighted by Gasteiger charge is -2.34. The maximum absolute atomic E-state index is 11.8. The molecule has 0 unspecified atom stereocenters. The van der Waals surface area contributed by atoms with Crippen molar-refractivity contribution in [1.82, 2.24) is 15.3 Å². The summed E-state index contributed by atoms with van der Waals surface area (Å²) in [6.45, 7) is 4.04. The Kier molecular flexibility index (Phi) is 6.83. The second-order valence-electron chi connectivity index (χ2n) is 5.50. The minimum atomic E-state index is -0.758. The van der Waals surface area contributed by atoms with Crippen LogP contribution in [0.2, 0.25) is 0 Å². The third-order valence-corrected chi connectivity index (χ3v) is 3.70. The number of hydrogen-bond acceptors (Lipinski definition) is 5. The van der Waals surface area contributed by atoms with Crippen molar-refractivity contribution in [3.8, 4) is 0 Å². The molecule has 1 aromatic carbocycles. The van der Waals surface area contributed by atoms with Gasteiger partial charge in [-0.2, -0.15) is 0 Å². The summed E-state index contributed by atoms with van der Waals surface area (Å²) >= 11 is 0. The number of hydrogen-bond donors (Lipinski definition) is 2. The van der Waals surface area contributed by atoms with Crippen LogP contribution in [0.4, 0.5) is 4.79 Å². The summed E-state index contributed by atoms with van der Waals surface area (Å²) in [5, 5.41) is 10.5. The van der Waals surface area contributed by atoms with Crippen molar-refractivity contribution in [2.75, 3.05) is 32.7 Å². The second-order valence-corrected chi connectivity index (χ2v) is 5.50. The highest BCUT2D eigenvalue weighted by Gasteiger charge is 2.18. The van der Waals surface area contributed by atoms with E-state index in [-0.39, 0.29) is 13.0 Å². The maximum atomic E-state index is 11.8. The van der Waals surface area contributed by atoms with Gasteiger partial charge in [0.1, 0.15) is 6.61 Å². The predicted octanol–water partition coefficient (Wildman–Crippen LogP) is 1.31. The van der Waals surface area contributed by atoms with Crippen molar-refractivity contribution in [2.45, 2.75) is 19.4 Å². The average Bonchev–Trinajstić information content (AvgIpc) is 2.55. The van der Waals surface area contributed by atoms with Crippen molar-refractivity contribution in [1.29, 1.82) is 0 Å². The molecule has 2 rings (SSSR count). The molecule has 0 atom stereocenters. The smallest absolute Gasteiger partial charge is 0.422 e. The number of aliphatic carboxylic acids is 1. The summed E-state index contributed by atoms with van der Waals surface area (Å²) in [5.41, 5.74) is 3.69. The molecule has 0 bridgehead atoms. The fraction of sp³-hybridized carbons (Fsp3) is 0.500. The van der Waals surface area contributed by atoms with Crippen LogP contribution in [0.3, 0.4) is 0 Å². The molecule has 1 fully saturated rings. The lowest BCUT2D eigenvalue weighted by Crippen LogP contribution is -2.53. The number of nitrogens with zero attached hydrogens (tertiary/aromatic N) is 2. The molecular formula is C16H23N3O4. The second kappa shape index (κ2) is 9.12. The normalized spacial score (nSPS) is 16.0. The third kappa shape index (κ3) is 6.66. The highest BCUT2D eigenvalue weighted by atomic mass is 16.6. The largest absolute Gasteiger partial charge is 0.481 e. The molecule has 1 saturated heterocycles. The van der Waals surface area contributed by atoms with Gasteiger partial charge in [0.05, 0.1) is 0 Å². The SMILES string of the molecule is O=C(O)CCCN1CCN(NC(=O)OCc2ccccc2)CC1. The Morgan fingerprint density at radius 2 is 1.83 bits per heavy atom. The average molecular weight is 321 g/mol. The fourth-order valence-electron chi connectivity index (χ4n) is 2.42.